The monoisotopic (exact) mass is 810 g/mol. The van der Waals surface area contributed by atoms with Crippen LogP contribution in [0.15, 0.2) is 54.7 Å². The number of phenolic OH excluding ortho intramolecular Hbond substituents is 1. The van der Waals surface area contributed by atoms with Crippen LogP contribution < -0.4 is 32.3 Å². The molecule has 3 aromatic rings. The molecule has 0 saturated carbocycles. The Kier molecular flexibility index (Phi) is 16.3. The van der Waals surface area contributed by atoms with Crippen molar-refractivity contribution in [3.63, 3.8) is 0 Å². The molecule has 0 spiro atoms. The Bertz CT molecular complexity index is 1910. The second-order valence-corrected chi connectivity index (χ2v) is 14.7. The molecule has 0 unspecified atom stereocenters. The average molecular weight is 811 g/mol. The minimum atomic E-state index is -1.60. The summed E-state index contributed by atoms with van der Waals surface area (Å²) in [5, 5.41) is 41.4. The first-order valence-corrected chi connectivity index (χ1v) is 19.8. The number of phenols is 1. The molecular weight excluding hydrogens is 761 g/mol. The van der Waals surface area contributed by atoms with E-state index in [1.54, 1.807) is 6.26 Å². The molecular formula is C38H50N8O10S. The number of rotatable bonds is 20. The van der Waals surface area contributed by atoms with Gasteiger partial charge in [-0.15, -0.1) is 0 Å². The number of H-pyrrole nitrogens is 1. The van der Waals surface area contributed by atoms with Gasteiger partial charge < -0.3 is 57.5 Å². The largest absolute Gasteiger partial charge is 0.508 e. The number of aliphatic carboxylic acids is 1. The van der Waals surface area contributed by atoms with Crippen LogP contribution in [0, 0.1) is 0 Å². The second kappa shape index (κ2) is 21.0. The summed E-state index contributed by atoms with van der Waals surface area (Å²) in [6, 6.07) is 6.43. The van der Waals surface area contributed by atoms with Crippen molar-refractivity contribution < 1.29 is 48.9 Å². The fourth-order valence-electron chi connectivity index (χ4n) is 6.39. The van der Waals surface area contributed by atoms with E-state index in [4.69, 9.17) is 10.8 Å². The Morgan fingerprint density at radius 2 is 1.60 bits per heavy atom. The smallest absolute Gasteiger partial charge is 0.328 e. The lowest BCUT2D eigenvalue weighted by atomic mass is 10.0. The standard InChI is InChI=1S/C38H50N8O10S/c1-21(33(50)45-30(20-47)38(55)56)42-35(52)29(16-22-9-11-24(48)12-10-22)44-34(51)28(13-15-57-2)43-32(49)19-41-36(53)31-8-5-14-46(31)37(54)26(39)17-23-18-40-27-7-4-3-6-25(23)27/h3-4,6-7,9-12,18,21,26,28-31,40,47-48H,5,8,13-17,19-20,39H2,1-2H3,(H,41,53)(H,42,52)(H,43,49)(H,44,51)(H,45,50)(H,55,56)/t21-,26-,28-,29-,30-,31-/m0/s1. The highest BCUT2D eigenvalue weighted by atomic mass is 32.2. The van der Waals surface area contributed by atoms with Crippen molar-refractivity contribution in [3.05, 3.63) is 65.9 Å². The molecule has 1 saturated heterocycles. The molecule has 2 heterocycles. The third-order valence-electron chi connectivity index (χ3n) is 9.51. The van der Waals surface area contributed by atoms with Gasteiger partial charge in [-0.2, -0.15) is 11.8 Å². The van der Waals surface area contributed by atoms with E-state index in [2.05, 4.69) is 31.6 Å². The number of amides is 6. The molecule has 1 aromatic heterocycles. The molecule has 2 aromatic carbocycles. The number of hydrogen-bond acceptors (Lipinski definition) is 11. The summed E-state index contributed by atoms with van der Waals surface area (Å²) in [5.74, 6) is -5.14. The van der Waals surface area contributed by atoms with Crippen LogP contribution in [0.5, 0.6) is 5.75 Å². The maximum atomic E-state index is 13.7. The van der Waals surface area contributed by atoms with E-state index >= 15 is 0 Å². The molecule has 4 rings (SSSR count). The summed E-state index contributed by atoms with van der Waals surface area (Å²) in [4.78, 5) is 95.4. The fourth-order valence-corrected chi connectivity index (χ4v) is 6.86. The number of aromatic nitrogens is 1. The summed E-state index contributed by atoms with van der Waals surface area (Å²) < 4.78 is 0. The van der Waals surface area contributed by atoms with Crippen LogP contribution in [0.25, 0.3) is 10.9 Å². The molecule has 11 N–H and O–H groups in total. The third-order valence-corrected chi connectivity index (χ3v) is 10.2. The number of para-hydroxylation sites is 1. The number of likely N-dealkylation sites (tertiary alicyclic amines) is 1. The first-order chi connectivity index (χ1) is 27.2. The Morgan fingerprint density at radius 3 is 2.28 bits per heavy atom. The Hall–Kier alpha value is -5.66. The van der Waals surface area contributed by atoms with E-state index in [1.807, 2.05) is 30.5 Å². The SMILES string of the molecule is CSCC[C@H](NC(=O)CNC(=O)[C@@H]1CCCN1C(=O)[C@@H](N)Cc1c[nH]c2ccccc12)C(=O)N[C@@H](Cc1ccc(O)cc1)C(=O)N[C@@H](C)C(=O)N[C@@H](CO)C(=O)O. The highest BCUT2D eigenvalue weighted by molar-refractivity contribution is 7.98. The molecule has 1 aliphatic rings. The van der Waals surface area contributed by atoms with Crippen molar-refractivity contribution in [2.24, 2.45) is 5.73 Å². The number of aromatic hydroxyl groups is 1. The zero-order valence-corrected chi connectivity index (χ0v) is 32.5. The van der Waals surface area contributed by atoms with Gasteiger partial charge in [-0.05, 0) is 73.9 Å². The van der Waals surface area contributed by atoms with Crippen molar-refractivity contribution >= 4 is 64.1 Å². The van der Waals surface area contributed by atoms with Crippen LogP contribution in [0.4, 0.5) is 0 Å². The third kappa shape index (κ3) is 12.4. The number of aliphatic hydroxyl groups excluding tert-OH is 1. The van der Waals surface area contributed by atoms with Gasteiger partial charge in [0.15, 0.2) is 0 Å². The number of carbonyl (C=O) groups excluding carboxylic acids is 6. The van der Waals surface area contributed by atoms with Crippen LogP contribution >= 0.6 is 11.8 Å². The van der Waals surface area contributed by atoms with Gasteiger partial charge in [0.05, 0.1) is 19.2 Å². The van der Waals surface area contributed by atoms with Crippen LogP contribution in [0.2, 0.25) is 0 Å². The highest BCUT2D eigenvalue weighted by Crippen LogP contribution is 2.22. The van der Waals surface area contributed by atoms with Gasteiger partial charge in [-0.3, -0.25) is 28.8 Å². The number of benzene rings is 2. The molecule has 0 bridgehead atoms. The van der Waals surface area contributed by atoms with Gasteiger partial charge in [0.2, 0.25) is 35.4 Å². The first-order valence-electron chi connectivity index (χ1n) is 18.4. The van der Waals surface area contributed by atoms with Crippen molar-refractivity contribution in [3.8, 4) is 5.75 Å². The van der Waals surface area contributed by atoms with Gasteiger partial charge in [-0.25, -0.2) is 4.79 Å². The topological polar surface area (TPSA) is 285 Å². The summed E-state index contributed by atoms with van der Waals surface area (Å²) in [5.41, 5.74) is 8.66. The number of carboxylic acids is 1. The zero-order valence-electron chi connectivity index (χ0n) is 31.7. The summed E-state index contributed by atoms with van der Waals surface area (Å²) in [7, 11) is 0. The van der Waals surface area contributed by atoms with E-state index < -0.39 is 84.9 Å². The molecule has 1 aliphatic heterocycles. The molecule has 308 valence electrons. The van der Waals surface area contributed by atoms with Crippen molar-refractivity contribution in [2.45, 2.75) is 75.3 Å². The lowest BCUT2D eigenvalue weighted by Crippen LogP contribution is -2.58. The highest BCUT2D eigenvalue weighted by Gasteiger charge is 2.37. The number of carboxylic acid groups (broad SMARTS) is 1. The predicted octanol–water partition coefficient (Wildman–Crippen LogP) is -1.12. The van der Waals surface area contributed by atoms with Gasteiger partial charge >= 0.3 is 5.97 Å². The van der Waals surface area contributed by atoms with Crippen LogP contribution in [-0.2, 0) is 46.4 Å². The van der Waals surface area contributed by atoms with E-state index in [-0.39, 0.29) is 30.9 Å². The molecule has 6 atom stereocenters. The number of carbonyl (C=O) groups is 7. The number of nitrogens with one attached hydrogen (secondary N) is 6. The Balaban J connectivity index is 1.37. The van der Waals surface area contributed by atoms with Crippen LogP contribution in [0.3, 0.4) is 0 Å². The summed E-state index contributed by atoms with van der Waals surface area (Å²) >= 11 is 1.41. The maximum Gasteiger partial charge on any atom is 0.328 e. The number of nitrogens with two attached hydrogens (primary N) is 1. The lowest BCUT2D eigenvalue weighted by molar-refractivity contribution is -0.143. The minimum absolute atomic E-state index is 0.0323. The van der Waals surface area contributed by atoms with Crippen LogP contribution in [0.1, 0.15) is 37.3 Å². The average Bonchev–Trinajstić information content (AvgIpc) is 3.85. The number of hydrogen-bond donors (Lipinski definition) is 10. The molecule has 18 nitrogen and oxygen atoms in total. The molecule has 57 heavy (non-hydrogen) atoms. The number of aliphatic hydroxyl groups is 1. The molecule has 0 aliphatic carbocycles. The number of thioether (sulfide) groups is 1. The summed E-state index contributed by atoms with van der Waals surface area (Å²) in [6.45, 7) is 0.236. The number of fused-ring (bicyclic) bond motifs is 1. The van der Waals surface area contributed by atoms with Gasteiger partial charge in [-0.1, -0.05) is 30.3 Å². The predicted molar refractivity (Wildman–Crippen MR) is 211 cm³/mol. The molecule has 1 fully saturated rings. The molecule has 6 amide bonds. The normalized spacial score (nSPS) is 16.4. The van der Waals surface area contributed by atoms with Gasteiger partial charge in [0, 0.05) is 30.1 Å². The number of nitrogens with zero attached hydrogens (tertiary/aromatic N) is 1. The van der Waals surface area contributed by atoms with Crippen LogP contribution in [-0.4, -0.2) is 135 Å². The maximum absolute atomic E-state index is 13.7. The zero-order chi connectivity index (χ0) is 41.6. The van der Waals surface area contributed by atoms with E-state index in [0.717, 1.165) is 16.5 Å². The van der Waals surface area contributed by atoms with Gasteiger partial charge in [0.25, 0.3) is 0 Å². The molecule has 0 radical (unpaired) electrons. The minimum Gasteiger partial charge on any atom is -0.508 e. The van der Waals surface area contributed by atoms with E-state index in [0.29, 0.717) is 30.7 Å². The van der Waals surface area contributed by atoms with E-state index in [1.165, 1.54) is 47.9 Å². The molecule has 19 heteroatoms. The van der Waals surface area contributed by atoms with Crippen molar-refractivity contribution in [1.29, 1.82) is 0 Å². The van der Waals surface area contributed by atoms with E-state index in [9.17, 15) is 43.8 Å². The summed E-state index contributed by atoms with van der Waals surface area (Å²) in [6.07, 6.45) is 4.88. The van der Waals surface area contributed by atoms with Gasteiger partial charge in [0.1, 0.15) is 36.0 Å². The number of aromatic amines is 1. The fraction of sp³-hybridized carbons (Fsp3) is 0.447. The lowest BCUT2D eigenvalue weighted by Gasteiger charge is -2.27. The Labute approximate surface area is 333 Å². The quantitative estimate of drug-likeness (QED) is 0.0650. The Morgan fingerprint density at radius 1 is 0.912 bits per heavy atom. The van der Waals surface area contributed by atoms with Crippen molar-refractivity contribution in [2.75, 3.05) is 31.7 Å². The second-order valence-electron chi connectivity index (χ2n) is 13.7. The first kappa shape index (κ1) is 44.1. The van der Waals surface area contributed by atoms with Crippen molar-refractivity contribution in [1.82, 2.24) is 36.5 Å².